The lowest BCUT2D eigenvalue weighted by molar-refractivity contribution is 0.620. The molecule has 2 N–H and O–H groups in total. The fraction of sp³-hybridized carbons (Fsp3) is 0. The summed E-state index contributed by atoms with van der Waals surface area (Å²) >= 11 is 0. The van der Waals surface area contributed by atoms with Gasteiger partial charge in [0.1, 0.15) is 17.4 Å². The molecule has 0 atom stereocenters. The number of nitrogens with two attached hydrogens (primary N) is 1. The van der Waals surface area contributed by atoms with E-state index < -0.39 is 5.82 Å². The molecule has 0 aliphatic rings. The van der Waals surface area contributed by atoms with Gasteiger partial charge in [0.05, 0.1) is 16.8 Å². The van der Waals surface area contributed by atoms with Crippen molar-refractivity contribution in [2.24, 2.45) is 0 Å². The zero-order chi connectivity index (χ0) is 13.4. The Morgan fingerprint density at radius 1 is 1.16 bits per heavy atom. The van der Waals surface area contributed by atoms with Gasteiger partial charge in [-0.3, -0.25) is 4.57 Å². The van der Waals surface area contributed by atoms with Crippen LogP contribution in [0.3, 0.4) is 0 Å². The van der Waals surface area contributed by atoms with Crippen LogP contribution in [0.25, 0.3) is 16.7 Å². The second-order valence-corrected chi connectivity index (χ2v) is 4.04. The third-order valence-corrected chi connectivity index (χ3v) is 2.92. The van der Waals surface area contributed by atoms with Crippen molar-refractivity contribution in [2.75, 3.05) is 5.73 Å². The predicted octanol–water partition coefficient (Wildman–Crippen LogP) is 2.62. The maximum absolute atomic E-state index is 13.9. The number of nitrogen functional groups attached to an aromatic ring is 1. The molecule has 0 fully saturated rings. The Morgan fingerprint density at radius 3 is 2.68 bits per heavy atom. The largest absolute Gasteiger partial charge is 0.369 e. The molecule has 2 aromatic carbocycles. The summed E-state index contributed by atoms with van der Waals surface area (Å²) in [7, 11) is 0. The first kappa shape index (κ1) is 11.2. The average Bonchev–Trinajstić information content (AvgIpc) is 2.75. The van der Waals surface area contributed by atoms with Gasteiger partial charge in [0, 0.05) is 0 Å². The van der Waals surface area contributed by atoms with Gasteiger partial charge in [0.25, 0.3) is 0 Å². The van der Waals surface area contributed by atoms with Crippen LogP contribution in [-0.2, 0) is 0 Å². The van der Waals surface area contributed by atoms with Crippen LogP contribution in [0, 0.1) is 17.1 Å². The Morgan fingerprint density at radius 2 is 1.95 bits per heavy atom. The lowest BCUT2D eigenvalue weighted by Crippen LogP contribution is -2.02. The fourth-order valence-electron chi connectivity index (χ4n) is 2.09. The molecule has 0 spiro atoms. The summed E-state index contributed by atoms with van der Waals surface area (Å²) in [6.07, 6.45) is 0. The zero-order valence-electron chi connectivity index (χ0n) is 9.84. The van der Waals surface area contributed by atoms with Gasteiger partial charge in [-0.05, 0) is 24.3 Å². The van der Waals surface area contributed by atoms with E-state index in [0.717, 1.165) is 0 Å². The van der Waals surface area contributed by atoms with Crippen LogP contribution in [0.15, 0.2) is 42.5 Å². The van der Waals surface area contributed by atoms with Crippen molar-refractivity contribution in [3.05, 3.63) is 53.8 Å². The van der Waals surface area contributed by atoms with Crippen molar-refractivity contribution >= 4 is 17.0 Å². The number of para-hydroxylation sites is 2. The quantitative estimate of drug-likeness (QED) is 0.723. The van der Waals surface area contributed by atoms with Crippen LogP contribution in [0.4, 0.5) is 10.3 Å². The lowest BCUT2D eigenvalue weighted by Gasteiger charge is -2.07. The van der Waals surface area contributed by atoms with Crippen molar-refractivity contribution < 1.29 is 4.39 Å². The molecule has 0 unspecified atom stereocenters. The maximum atomic E-state index is 13.9. The number of nitrogens with zero attached hydrogens (tertiary/aromatic N) is 3. The molecule has 0 saturated heterocycles. The van der Waals surface area contributed by atoms with Gasteiger partial charge < -0.3 is 5.73 Å². The maximum Gasteiger partial charge on any atom is 0.206 e. The Balaban J connectivity index is 2.41. The number of halogens is 1. The molecule has 0 aliphatic heterocycles. The third kappa shape index (κ3) is 1.62. The number of fused-ring (bicyclic) bond motifs is 1. The average molecular weight is 252 g/mol. The van der Waals surface area contributed by atoms with E-state index in [0.29, 0.717) is 22.3 Å². The number of aromatic nitrogens is 2. The Kier molecular flexibility index (Phi) is 2.43. The number of hydrogen-bond donors (Lipinski definition) is 1. The van der Waals surface area contributed by atoms with E-state index in [9.17, 15) is 4.39 Å². The summed E-state index contributed by atoms with van der Waals surface area (Å²) in [4.78, 5) is 4.15. The van der Waals surface area contributed by atoms with E-state index in [1.54, 1.807) is 36.4 Å². The summed E-state index contributed by atoms with van der Waals surface area (Å²) in [5.74, 6) is -0.237. The molecule has 19 heavy (non-hydrogen) atoms. The highest BCUT2D eigenvalue weighted by atomic mass is 19.1. The van der Waals surface area contributed by atoms with Crippen LogP contribution in [0.5, 0.6) is 0 Å². The van der Waals surface area contributed by atoms with Crippen LogP contribution in [-0.4, -0.2) is 9.55 Å². The van der Waals surface area contributed by atoms with Gasteiger partial charge in [-0.25, -0.2) is 9.37 Å². The second kappa shape index (κ2) is 4.10. The van der Waals surface area contributed by atoms with Crippen molar-refractivity contribution in [1.82, 2.24) is 9.55 Å². The Bertz CT molecular complexity index is 814. The lowest BCUT2D eigenvalue weighted by atomic mass is 10.2. The van der Waals surface area contributed by atoms with E-state index in [1.807, 2.05) is 0 Å². The molecule has 5 heteroatoms. The van der Waals surface area contributed by atoms with Crippen LogP contribution in [0.2, 0.25) is 0 Å². The SMILES string of the molecule is N#Cc1cccc2c1nc(N)n2-c1ccccc1F. The molecule has 3 rings (SSSR count). The Hall–Kier alpha value is -2.87. The molecule has 0 aliphatic carbocycles. The van der Waals surface area contributed by atoms with Crippen LogP contribution < -0.4 is 5.73 Å². The summed E-state index contributed by atoms with van der Waals surface area (Å²) in [6.45, 7) is 0. The fourth-order valence-corrected chi connectivity index (χ4v) is 2.09. The molecule has 0 radical (unpaired) electrons. The smallest absolute Gasteiger partial charge is 0.206 e. The standard InChI is InChI=1S/C14H9FN4/c15-10-5-1-2-6-11(10)19-12-7-3-4-9(8-16)13(12)18-14(19)17/h1-7H,(H2,17,18). The number of hydrogen-bond acceptors (Lipinski definition) is 3. The molecular weight excluding hydrogens is 243 g/mol. The zero-order valence-corrected chi connectivity index (χ0v) is 9.84. The number of anilines is 1. The number of rotatable bonds is 1. The van der Waals surface area contributed by atoms with Crippen molar-refractivity contribution in [3.63, 3.8) is 0 Å². The summed E-state index contributed by atoms with van der Waals surface area (Å²) in [6, 6.07) is 13.5. The minimum atomic E-state index is -0.393. The van der Waals surface area contributed by atoms with Gasteiger partial charge in [-0.15, -0.1) is 0 Å². The molecular formula is C14H9FN4. The first-order valence-corrected chi connectivity index (χ1v) is 5.64. The Labute approximate surface area is 108 Å². The van der Waals surface area contributed by atoms with Crippen LogP contribution >= 0.6 is 0 Å². The molecule has 0 bridgehead atoms. The molecule has 92 valence electrons. The highest BCUT2D eigenvalue weighted by molar-refractivity contribution is 5.85. The van der Waals surface area contributed by atoms with Crippen LogP contribution in [0.1, 0.15) is 5.56 Å². The van der Waals surface area contributed by atoms with Crippen molar-refractivity contribution in [1.29, 1.82) is 5.26 Å². The molecule has 0 saturated carbocycles. The van der Waals surface area contributed by atoms with E-state index in [2.05, 4.69) is 11.1 Å². The molecule has 1 heterocycles. The van der Waals surface area contributed by atoms with Gasteiger partial charge >= 0.3 is 0 Å². The van der Waals surface area contributed by atoms with E-state index in [-0.39, 0.29) is 5.95 Å². The molecule has 4 nitrogen and oxygen atoms in total. The second-order valence-electron chi connectivity index (χ2n) is 4.04. The first-order valence-electron chi connectivity index (χ1n) is 5.64. The minimum Gasteiger partial charge on any atom is -0.369 e. The normalized spacial score (nSPS) is 10.5. The van der Waals surface area contributed by atoms with Gasteiger partial charge in [0.15, 0.2) is 0 Å². The van der Waals surface area contributed by atoms with E-state index in [4.69, 9.17) is 11.0 Å². The van der Waals surface area contributed by atoms with Crippen molar-refractivity contribution in [2.45, 2.75) is 0 Å². The van der Waals surface area contributed by atoms with Gasteiger partial charge in [-0.2, -0.15) is 5.26 Å². The highest BCUT2D eigenvalue weighted by Gasteiger charge is 2.14. The first-order chi connectivity index (χ1) is 9.22. The number of benzene rings is 2. The van der Waals surface area contributed by atoms with Gasteiger partial charge in [0.2, 0.25) is 5.95 Å². The topological polar surface area (TPSA) is 67.6 Å². The summed E-state index contributed by atoms with van der Waals surface area (Å²) in [5, 5.41) is 9.05. The molecule has 3 aromatic rings. The van der Waals surface area contributed by atoms with Gasteiger partial charge in [-0.1, -0.05) is 18.2 Å². The monoisotopic (exact) mass is 252 g/mol. The van der Waals surface area contributed by atoms with E-state index >= 15 is 0 Å². The predicted molar refractivity (Wildman–Crippen MR) is 70.2 cm³/mol. The van der Waals surface area contributed by atoms with Crippen molar-refractivity contribution in [3.8, 4) is 11.8 Å². The molecule has 0 amide bonds. The highest BCUT2D eigenvalue weighted by Crippen LogP contribution is 2.26. The molecule has 1 aromatic heterocycles. The number of imidazole rings is 1. The number of nitriles is 1. The van der Waals surface area contributed by atoms with E-state index in [1.165, 1.54) is 10.6 Å². The summed E-state index contributed by atoms with van der Waals surface area (Å²) < 4.78 is 15.4. The third-order valence-electron chi connectivity index (χ3n) is 2.92. The minimum absolute atomic E-state index is 0.155. The summed E-state index contributed by atoms with van der Waals surface area (Å²) in [5.41, 5.74) is 7.68.